The molecule has 1 aromatic rings. The van der Waals surface area contributed by atoms with Crippen molar-refractivity contribution in [2.75, 3.05) is 39.9 Å². The average molecular weight is 307 g/mol. The van der Waals surface area contributed by atoms with E-state index in [4.69, 9.17) is 4.74 Å². The maximum absolute atomic E-state index is 5.43. The molecule has 0 aromatic carbocycles. The lowest BCUT2D eigenvalue weighted by Crippen LogP contribution is -2.56. The molecule has 0 atom stereocenters. The van der Waals surface area contributed by atoms with Gasteiger partial charge in [-0.3, -0.25) is 9.89 Å². The zero-order valence-electron chi connectivity index (χ0n) is 14.2. The largest absolute Gasteiger partial charge is 0.379 e. The monoisotopic (exact) mass is 307 g/mol. The summed E-state index contributed by atoms with van der Waals surface area (Å²) in [5.74, 6) is 0.838. The van der Waals surface area contributed by atoms with Crippen LogP contribution in [0.2, 0.25) is 0 Å². The Morgan fingerprint density at radius 2 is 2.05 bits per heavy atom. The number of aliphatic imine (C=N–C) groups is 1. The number of hydrogen-bond donors (Lipinski definition) is 2. The number of nitrogens with one attached hydrogen (secondary N) is 2. The second-order valence-electron chi connectivity index (χ2n) is 6.38. The minimum absolute atomic E-state index is 0.0775. The maximum atomic E-state index is 5.43. The van der Waals surface area contributed by atoms with E-state index < -0.39 is 0 Å². The van der Waals surface area contributed by atoms with Crippen LogP contribution in [0.15, 0.2) is 23.5 Å². The van der Waals surface area contributed by atoms with Gasteiger partial charge in [-0.05, 0) is 25.5 Å². The zero-order valence-corrected chi connectivity index (χ0v) is 14.2. The molecular formula is C16H29N5O. The van der Waals surface area contributed by atoms with E-state index in [9.17, 15) is 0 Å². The first-order chi connectivity index (χ1) is 10.5. The molecule has 0 bridgehead atoms. The molecule has 1 aliphatic rings. The van der Waals surface area contributed by atoms with E-state index in [1.807, 2.05) is 14.1 Å². The van der Waals surface area contributed by atoms with Gasteiger partial charge in [0.1, 0.15) is 0 Å². The van der Waals surface area contributed by atoms with E-state index in [-0.39, 0.29) is 5.54 Å². The summed E-state index contributed by atoms with van der Waals surface area (Å²) in [4.78, 5) is 6.77. The standard InChI is InChI=1S/C16H29N5O/c1-16(2,21-7-9-22-10-8-21)13-19-15(17-3)18-11-14-5-6-20(4)12-14/h5-6,12H,7-11,13H2,1-4H3,(H2,17,18,19). The van der Waals surface area contributed by atoms with Gasteiger partial charge in [0.25, 0.3) is 0 Å². The Bertz CT molecular complexity index is 488. The third kappa shape index (κ3) is 4.74. The van der Waals surface area contributed by atoms with Gasteiger partial charge in [0.05, 0.1) is 13.2 Å². The molecule has 2 heterocycles. The minimum Gasteiger partial charge on any atom is -0.379 e. The first kappa shape index (κ1) is 16.8. The van der Waals surface area contributed by atoms with Crippen LogP contribution in [0.1, 0.15) is 19.4 Å². The van der Waals surface area contributed by atoms with Gasteiger partial charge < -0.3 is 19.9 Å². The third-order valence-corrected chi connectivity index (χ3v) is 4.13. The molecule has 1 saturated heterocycles. The number of aromatic nitrogens is 1. The first-order valence-corrected chi connectivity index (χ1v) is 7.89. The fourth-order valence-electron chi connectivity index (χ4n) is 2.65. The Hall–Kier alpha value is -1.53. The third-order valence-electron chi connectivity index (χ3n) is 4.13. The molecule has 0 saturated carbocycles. The molecule has 124 valence electrons. The molecule has 6 heteroatoms. The number of aryl methyl sites for hydroxylation is 1. The maximum Gasteiger partial charge on any atom is 0.191 e. The number of guanidine groups is 1. The van der Waals surface area contributed by atoms with Crippen molar-refractivity contribution >= 4 is 5.96 Å². The Kier molecular flexibility index (Phi) is 5.85. The van der Waals surface area contributed by atoms with Crippen molar-refractivity contribution in [1.82, 2.24) is 20.1 Å². The van der Waals surface area contributed by atoms with Crippen LogP contribution in [-0.2, 0) is 18.3 Å². The molecule has 6 nitrogen and oxygen atoms in total. The summed E-state index contributed by atoms with van der Waals surface area (Å²) in [5, 5.41) is 6.79. The molecule has 2 rings (SSSR count). The van der Waals surface area contributed by atoms with Crippen molar-refractivity contribution in [2.24, 2.45) is 12.0 Å². The van der Waals surface area contributed by atoms with Gasteiger partial charge in [-0.25, -0.2) is 0 Å². The predicted molar refractivity (Wildman–Crippen MR) is 90.1 cm³/mol. The summed E-state index contributed by atoms with van der Waals surface area (Å²) >= 11 is 0. The van der Waals surface area contributed by atoms with Crippen LogP contribution < -0.4 is 10.6 Å². The predicted octanol–water partition coefficient (Wildman–Crippen LogP) is 0.801. The van der Waals surface area contributed by atoms with Gasteiger partial charge in [0.2, 0.25) is 0 Å². The van der Waals surface area contributed by atoms with Crippen molar-refractivity contribution in [2.45, 2.75) is 25.9 Å². The van der Waals surface area contributed by atoms with Crippen LogP contribution >= 0.6 is 0 Å². The van der Waals surface area contributed by atoms with Gasteiger partial charge in [0.15, 0.2) is 5.96 Å². The lowest BCUT2D eigenvalue weighted by Gasteiger charge is -2.41. The number of morpholine rings is 1. The summed E-state index contributed by atoms with van der Waals surface area (Å²) in [6.45, 7) is 9.77. The van der Waals surface area contributed by atoms with Crippen LogP contribution in [0.3, 0.4) is 0 Å². The van der Waals surface area contributed by atoms with Crippen LogP contribution in [-0.4, -0.2) is 60.9 Å². The van der Waals surface area contributed by atoms with Crippen molar-refractivity contribution < 1.29 is 4.74 Å². The van der Waals surface area contributed by atoms with Gasteiger partial charge in [-0.2, -0.15) is 0 Å². The zero-order chi connectivity index (χ0) is 16.0. The topological polar surface area (TPSA) is 53.8 Å². The summed E-state index contributed by atoms with van der Waals surface area (Å²) in [5.41, 5.74) is 1.33. The number of ether oxygens (including phenoxy) is 1. The first-order valence-electron chi connectivity index (χ1n) is 7.89. The van der Waals surface area contributed by atoms with Crippen LogP contribution in [0.5, 0.6) is 0 Å². The highest BCUT2D eigenvalue weighted by Crippen LogP contribution is 2.14. The highest BCUT2D eigenvalue weighted by atomic mass is 16.5. The van der Waals surface area contributed by atoms with Crippen molar-refractivity contribution in [1.29, 1.82) is 0 Å². The van der Waals surface area contributed by atoms with Crippen molar-refractivity contribution in [3.8, 4) is 0 Å². The van der Waals surface area contributed by atoms with Crippen molar-refractivity contribution in [3.63, 3.8) is 0 Å². The fraction of sp³-hybridized carbons (Fsp3) is 0.688. The summed E-state index contributed by atoms with van der Waals surface area (Å²) in [6, 6.07) is 2.11. The number of rotatable bonds is 5. The second kappa shape index (κ2) is 7.65. The number of nitrogens with zero attached hydrogens (tertiary/aromatic N) is 3. The quantitative estimate of drug-likeness (QED) is 0.624. The van der Waals surface area contributed by atoms with Crippen LogP contribution in [0.25, 0.3) is 0 Å². The van der Waals surface area contributed by atoms with Crippen LogP contribution in [0, 0.1) is 0 Å². The summed E-state index contributed by atoms with van der Waals surface area (Å²) in [6.07, 6.45) is 4.16. The Balaban J connectivity index is 1.79. The Morgan fingerprint density at radius 3 is 2.64 bits per heavy atom. The van der Waals surface area contributed by atoms with Gasteiger partial charge in [-0.15, -0.1) is 0 Å². The lowest BCUT2D eigenvalue weighted by atomic mass is 10.0. The Morgan fingerprint density at radius 1 is 1.32 bits per heavy atom. The fourth-order valence-corrected chi connectivity index (χ4v) is 2.65. The smallest absolute Gasteiger partial charge is 0.191 e. The van der Waals surface area contributed by atoms with E-state index in [1.165, 1.54) is 5.56 Å². The van der Waals surface area contributed by atoms with E-state index in [1.54, 1.807) is 0 Å². The van der Waals surface area contributed by atoms with E-state index in [0.717, 1.165) is 45.4 Å². The molecule has 2 N–H and O–H groups in total. The van der Waals surface area contributed by atoms with E-state index in [0.29, 0.717) is 0 Å². The van der Waals surface area contributed by atoms with Gasteiger partial charge in [0, 0.05) is 58.2 Å². The van der Waals surface area contributed by atoms with Crippen molar-refractivity contribution in [3.05, 3.63) is 24.0 Å². The molecule has 0 radical (unpaired) electrons. The second-order valence-corrected chi connectivity index (χ2v) is 6.38. The van der Waals surface area contributed by atoms with Gasteiger partial charge >= 0.3 is 0 Å². The SMILES string of the molecule is CN=C(NCc1ccn(C)c1)NCC(C)(C)N1CCOCC1. The van der Waals surface area contributed by atoms with E-state index in [2.05, 4.69) is 57.4 Å². The average Bonchev–Trinajstić information content (AvgIpc) is 2.94. The lowest BCUT2D eigenvalue weighted by molar-refractivity contribution is -0.00834. The highest BCUT2D eigenvalue weighted by molar-refractivity contribution is 5.79. The molecule has 22 heavy (non-hydrogen) atoms. The molecule has 0 unspecified atom stereocenters. The molecule has 0 spiro atoms. The summed E-state index contributed by atoms with van der Waals surface area (Å²) in [7, 11) is 3.84. The summed E-state index contributed by atoms with van der Waals surface area (Å²) < 4.78 is 7.48. The number of hydrogen-bond acceptors (Lipinski definition) is 3. The normalized spacial score (nSPS) is 17.5. The minimum atomic E-state index is 0.0775. The Labute approximate surface area is 133 Å². The molecule has 1 aliphatic heterocycles. The molecule has 1 aromatic heterocycles. The molecular weight excluding hydrogens is 278 g/mol. The highest BCUT2D eigenvalue weighted by Gasteiger charge is 2.28. The molecule has 0 aliphatic carbocycles. The van der Waals surface area contributed by atoms with E-state index >= 15 is 0 Å². The molecule has 1 fully saturated rings. The molecule has 0 amide bonds. The van der Waals surface area contributed by atoms with Gasteiger partial charge in [-0.1, -0.05) is 0 Å². The van der Waals surface area contributed by atoms with Crippen LogP contribution in [0.4, 0.5) is 0 Å².